The van der Waals surface area contributed by atoms with Gasteiger partial charge in [-0.15, -0.1) is 5.10 Å². The van der Waals surface area contributed by atoms with E-state index in [1.165, 1.54) is 31.5 Å². The van der Waals surface area contributed by atoms with Crippen LogP contribution in [0.25, 0.3) is 5.69 Å². The van der Waals surface area contributed by atoms with Crippen LogP contribution in [0.3, 0.4) is 0 Å². The molecule has 1 saturated carbocycles. The van der Waals surface area contributed by atoms with E-state index in [-0.39, 0.29) is 44.0 Å². The lowest BCUT2D eigenvalue weighted by Crippen LogP contribution is -2.39. The fourth-order valence-corrected chi connectivity index (χ4v) is 5.16. The maximum Gasteiger partial charge on any atom is 0.349 e. The Kier molecular flexibility index (Phi) is 6.82. The molecule has 2 aromatic heterocycles. The van der Waals surface area contributed by atoms with Gasteiger partial charge in [0.25, 0.3) is 5.56 Å². The summed E-state index contributed by atoms with van der Waals surface area (Å²) in [5.74, 6) is -0.195. The van der Waals surface area contributed by atoms with Crippen molar-refractivity contribution in [1.82, 2.24) is 24.5 Å². The number of rotatable bonds is 7. The standard InChI is InChI=1S/C20H16Cl2N6O6S/c1-33-15-9-24-17(7-16(15)35(31,32)27-10-3-2-4-10)34-18-12(21)5-11(6-13(18)22)28-20(30)25-19(29)14(8-23)26-28/h5-7,9-10,27H,2-4H2,1H3,(H,25,29,30). The van der Waals surface area contributed by atoms with Gasteiger partial charge in [-0.2, -0.15) is 9.94 Å². The zero-order valence-electron chi connectivity index (χ0n) is 17.9. The van der Waals surface area contributed by atoms with Crippen LogP contribution in [-0.4, -0.2) is 41.3 Å². The van der Waals surface area contributed by atoms with Gasteiger partial charge < -0.3 is 9.47 Å². The molecule has 0 unspecified atom stereocenters. The molecule has 12 nitrogen and oxygen atoms in total. The number of ether oxygens (including phenoxy) is 2. The van der Waals surface area contributed by atoms with Gasteiger partial charge in [0, 0.05) is 12.1 Å². The molecule has 1 aromatic carbocycles. The third-order valence-corrected chi connectivity index (χ3v) is 7.21. The molecule has 0 aliphatic heterocycles. The highest BCUT2D eigenvalue weighted by atomic mass is 35.5. The van der Waals surface area contributed by atoms with Crippen molar-refractivity contribution in [1.29, 1.82) is 5.26 Å². The molecular formula is C20H16Cl2N6O6S. The Labute approximate surface area is 208 Å². The summed E-state index contributed by atoms with van der Waals surface area (Å²) >= 11 is 12.6. The first-order chi connectivity index (χ1) is 16.6. The van der Waals surface area contributed by atoms with Crippen LogP contribution in [-0.2, 0) is 10.0 Å². The monoisotopic (exact) mass is 538 g/mol. The number of nitriles is 1. The molecule has 0 saturated heterocycles. The molecule has 1 aliphatic carbocycles. The average Bonchev–Trinajstić information content (AvgIpc) is 2.78. The zero-order valence-corrected chi connectivity index (χ0v) is 20.2. The molecule has 0 spiro atoms. The third kappa shape index (κ3) is 5.01. The Morgan fingerprint density at radius 2 is 1.91 bits per heavy atom. The smallest absolute Gasteiger partial charge is 0.349 e. The van der Waals surface area contributed by atoms with E-state index in [1.807, 2.05) is 4.98 Å². The fourth-order valence-electron chi connectivity index (χ4n) is 3.15. The topological polar surface area (TPSA) is 169 Å². The number of hydrogen-bond donors (Lipinski definition) is 2. The molecule has 0 atom stereocenters. The first kappa shape index (κ1) is 24.7. The van der Waals surface area contributed by atoms with Gasteiger partial charge in [0.1, 0.15) is 11.0 Å². The summed E-state index contributed by atoms with van der Waals surface area (Å²) < 4.78 is 39.9. The number of aromatic nitrogens is 4. The number of aromatic amines is 1. The van der Waals surface area contributed by atoms with Crippen LogP contribution < -0.4 is 25.4 Å². The van der Waals surface area contributed by atoms with E-state index in [0.29, 0.717) is 0 Å². The number of nitrogens with one attached hydrogen (secondary N) is 2. The van der Waals surface area contributed by atoms with Gasteiger partial charge in [-0.25, -0.2) is 22.9 Å². The Morgan fingerprint density at radius 1 is 1.23 bits per heavy atom. The van der Waals surface area contributed by atoms with Crippen molar-refractivity contribution in [3.8, 4) is 29.1 Å². The van der Waals surface area contributed by atoms with Gasteiger partial charge in [-0.05, 0) is 25.0 Å². The Bertz CT molecular complexity index is 1550. The van der Waals surface area contributed by atoms with Gasteiger partial charge in [0.2, 0.25) is 21.6 Å². The van der Waals surface area contributed by atoms with Gasteiger partial charge in [-0.1, -0.05) is 29.6 Å². The molecule has 0 amide bonds. The number of pyridine rings is 1. The maximum absolute atomic E-state index is 12.8. The number of hydrogen-bond acceptors (Lipinski definition) is 9. The number of nitrogens with zero attached hydrogens (tertiary/aromatic N) is 4. The van der Waals surface area contributed by atoms with Crippen molar-refractivity contribution in [3.05, 3.63) is 61.0 Å². The number of benzene rings is 1. The SMILES string of the molecule is COc1cnc(Oc2c(Cl)cc(-n3nc(C#N)c(=O)[nH]c3=O)cc2Cl)cc1S(=O)(=O)NC1CCC1. The lowest BCUT2D eigenvalue weighted by atomic mass is 9.94. The van der Waals surface area contributed by atoms with Crippen molar-refractivity contribution >= 4 is 33.2 Å². The molecule has 0 radical (unpaired) electrons. The second kappa shape index (κ2) is 9.67. The van der Waals surface area contributed by atoms with Crippen LogP contribution in [0.15, 0.2) is 38.9 Å². The van der Waals surface area contributed by atoms with E-state index in [9.17, 15) is 18.0 Å². The van der Waals surface area contributed by atoms with Gasteiger partial charge in [0.15, 0.2) is 11.5 Å². The average molecular weight is 539 g/mol. The summed E-state index contributed by atoms with van der Waals surface area (Å²) in [7, 11) is -2.60. The predicted octanol–water partition coefficient (Wildman–Crippen LogP) is 2.13. The summed E-state index contributed by atoms with van der Waals surface area (Å²) in [5.41, 5.74) is -2.35. The van der Waals surface area contributed by atoms with Crippen molar-refractivity contribution in [3.63, 3.8) is 0 Å². The Morgan fingerprint density at radius 3 is 2.49 bits per heavy atom. The van der Waals surface area contributed by atoms with Crippen LogP contribution in [0, 0.1) is 11.3 Å². The molecule has 182 valence electrons. The summed E-state index contributed by atoms with van der Waals surface area (Å²) in [4.78, 5) is 29.6. The van der Waals surface area contributed by atoms with E-state index >= 15 is 0 Å². The Hall–Kier alpha value is -3.44. The van der Waals surface area contributed by atoms with E-state index in [0.717, 1.165) is 23.9 Å². The van der Waals surface area contributed by atoms with Crippen LogP contribution in [0.1, 0.15) is 25.0 Å². The minimum absolute atomic E-state index is 0.0218. The molecular weight excluding hydrogens is 523 g/mol. The highest BCUT2D eigenvalue weighted by Gasteiger charge is 2.28. The number of halogens is 2. The lowest BCUT2D eigenvalue weighted by Gasteiger charge is -2.26. The van der Waals surface area contributed by atoms with E-state index in [2.05, 4.69) is 14.8 Å². The van der Waals surface area contributed by atoms with E-state index in [1.54, 1.807) is 6.07 Å². The highest BCUT2D eigenvalue weighted by Crippen LogP contribution is 2.39. The second-order valence-electron chi connectivity index (χ2n) is 7.39. The van der Waals surface area contributed by atoms with Crippen LogP contribution in [0.5, 0.6) is 17.4 Å². The van der Waals surface area contributed by atoms with Gasteiger partial charge in [0.05, 0.1) is 29.0 Å². The molecule has 2 heterocycles. The lowest BCUT2D eigenvalue weighted by molar-refractivity contribution is 0.377. The molecule has 1 fully saturated rings. The van der Waals surface area contributed by atoms with Gasteiger partial charge >= 0.3 is 5.69 Å². The maximum atomic E-state index is 12.8. The largest absolute Gasteiger partial charge is 0.494 e. The first-order valence-electron chi connectivity index (χ1n) is 10.0. The van der Waals surface area contributed by atoms with Crippen molar-refractivity contribution in [2.75, 3.05) is 7.11 Å². The van der Waals surface area contributed by atoms with Crippen molar-refractivity contribution in [2.24, 2.45) is 0 Å². The third-order valence-electron chi connectivity index (χ3n) is 5.11. The number of H-pyrrole nitrogens is 1. The zero-order chi connectivity index (χ0) is 25.3. The highest BCUT2D eigenvalue weighted by molar-refractivity contribution is 7.89. The summed E-state index contributed by atoms with van der Waals surface area (Å²) in [6.07, 6.45) is 3.63. The predicted molar refractivity (Wildman–Crippen MR) is 124 cm³/mol. The Balaban J connectivity index is 1.69. The minimum atomic E-state index is -3.92. The van der Waals surface area contributed by atoms with E-state index in [4.69, 9.17) is 37.9 Å². The van der Waals surface area contributed by atoms with Crippen LogP contribution >= 0.6 is 23.2 Å². The van der Waals surface area contributed by atoms with Gasteiger partial charge in [-0.3, -0.25) is 9.78 Å². The summed E-state index contributed by atoms with van der Waals surface area (Å²) in [5, 5.41) is 12.5. The number of methoxy groups -OCH3 is 1. The normalized spacial score (nSPS) is 13.7. The first-order valence-corrected chi connectivity index (χ1v) is 12.2. The molecule has 3 aromatic rings. The molecule has 1 aliphatic rings. The second-order valence-corrected chi connectivity index (χ2v) is 9.89. The molecule has 2 N–H and O–H groups in total. The molecule has 15 heteroatoms. The fraction of sp³-hybridized carbons (Fsp3) is 0.250. The molecule has 0 bridgehead atoms. The van der Waals surface area contributed by atoms with Crippen LogP contribution in [0.2, 0.25) is 10.0 Å². The van der Waals surface area contributed by atoms with Crippen LogP contribution in [0.4, 0.5) is 0 Å². The molecule has 35 heavy (non-hydrogen) atoms. The summed E-state index contributed by atoms with van der Waals surface area (Å²) in [6, 6.07) is 5.12. The van der Waals surface area contributed by atoms with Crippen molar-refractivity contribution < 1.29 is 17.9 Å². The van der Waals surface area contributed by atoms with E-state index < -0.39 is 27.0 Å². The quantitative estimate of drug-likeness (QED) is 0.457. The number of sulfonamides is 1. The summed E-state index contributed by atoms with van der Waals surface area (Å²) in [6.45, 7) is 0. The molecule has 4 rings (SSSR count). The minimum Gasteiger partial charge on any atom is -0.494 e. The van der Waals surface area contributed by atoms with Crippen molar-refractivity contribution in [2.45, 2.75) is 30.2 Å².